The summed E-state index contributed by atoms with van der Waals surface area (Å²) in [4.78, 5) is 12.3. The van der Waals surface area contributed by atoms with Crippen LogP contribution in [0, 0.1) is 6.92 Å². The molecule has 0 amide bonds. The number of carbonyl (C=O) groups excluding carboxylic acids is 1. The molecule has 1 aliphatic rings. The van der Waals surface area contributed by atoms with Crippen LogP contribution in [-0.2, 0) is 0 Å². The number of fused-ring (bicyclic) bond motifs is 1. The van der Waals surface area contributed by atoms with Crippen molar-refractivity contribution in [1.82, 2.24) is 0 Å². The number of hydrogen-bond donors (Lipinski definition) is 1. The van der Waals surface area contributed by atoms with Crippen LogP contribution in [0.15, 0.2) is 42.5 Å². The van der Waals surface area contributed by atoms with Crippen LogP contribution >= 0.6 is 0 Å². The zero-order valence-electron chi connectivity index (χ0n) is 13.6. The Balaban J connectivity index is 1.80. The number of benzene rings is 2. The molecule has 0 aliphatic carbocycles. The Morgan fingerprint density at radius 3 is 2.58 bits per heavy atom. The SMILES string of the molecule is Cc1ccc(O)c(C(=O)/C=C/c2ccc3c(c2)OCCCCO3)c1. The zero-order valence-corrected chi connectivity index (χ0v) is 13.6. The molecule has 0 saturated carbocycles. The maximum absolute atomic E-state index is 12.3. The minimum absolute atomic E-state index is 0.00911. The summed E-state index contributed by atoms with van der Waals surface area (Å²) in [6.07, 6.45) is 5.12. The van der Waals surface area contributed by atoms with Gasteiger partial charge in [0.05, 0.1) is 18.8 Å². The number of phenols is 1. The highest BCUT2D eigenvalue weighted by Crippen LogP contribution is 2.30. The molecule has 0 aromatic heterocycles. The highest BCUT2D eigenvalue weighted by molar-refractivity contribution is 6.08. The fraction of sp³-hybridized carbons (Fsp3) is 0.250. The summed E-state index contributed by atoms with van der Waals surface area (Å²) in [5.74, 6) is 1.18. The number of ketones is 1. The molecule has 0 atom stereocenters. The van der Waals surface area contributed by atoms with Crippen LogP contribution in [0.4, 0.5) is 0 Å². The van der Waals surface area contributed by atoms with Crippen molar-refractivity contribution < 1.29 is 19.4 Å². The Labute approximate surface area is 141 Å². The molecule has 124 valence electrons. The van der Waals surface area contributed by atoms with Gasteiger partial charge in [0.25, 0.3) is 0 Å². The van der Waals surface area contributed by atoms with Gasteiger partial charge in [-0.3, -0.25) is 4.79 Å². The fourth-order valence-corrected chi connectivity index (χ4v) is 2.54. The number of allylic oxidation sites excluding steroid dienone is 1. The largest absolute Gasteiger partial charge is 0.507 e. The van der Waals surface area contributed by atoms with Crippen molar-refractivity contribution >= 4 is 11.9 Å². The lowest BCUT2D eigenvalue weighted by atomic mass is 10.1. The normalized spacial score (nSPS) is 14.2. The summed E-state index contributed by atoms with van der Waals surface area (Å²) in [6.45, 7) is 3.24. The van der Waals surface area contributed by atoms with Gasteiger partial charge in [-0.05, 0) is 55.7 Å². The number of phenolic OH excluding ortho intramolecular Hbond substituents is 1. The Morgan fingerprint density at radius 2 is 1.79 bits per heavy atom. The third-order valence-electron chi connectivity index (χ3n) is 3.87. The molecule has 1 N–H and O–H groups in total. The highest BCUT2D eigenvalue weighted by atomic mass is 16.5. The summed E-state index contributed by atoms with van der Waals surface area (Å²) >= 11 is 0. The minimum atomic E-state index is -0.236. The maximum atomic E-state index is 12.3. The van der Waals surface area contributed by atoms with Gasteiger partial charge in [0.1, 0.15) is 5.75 Å². The van der Waals surface area contributed by atoms with Crippen LogP contribution in [0.25, 0.3) is 6.08 Å². The van der Waals surface area contributed by atoms with Gasteiger partial charge in [-0.15, -0.1) is 0 Å². The van der Waals surface area contributed by atoms with E-state index >= 15 is 0 Å². The zero-order chi connectivity index (χ0) is 16.9. The highest BCUT2D eigenvalue weighted by Gasteiger charge is 2.10. The van der Waals surface area contributed by atoms with Gasteiger partial charge in [-0.25, -0.2) is 0 Å². The summed E-state index contributed by atoms with van der Waals surface area (Å²) in [5, 5.41) is 9.83. The Kier molecular flexibility index (Phi) is 4.85. The van der Waals surface area contributed by atoms with Crippen molar-refractivity contribution in [3.8, 4) is 17.2 Å². The maximum Gasteiger partial charge on any atom is 0.189 e. The third-order valence-corrected chi connectivity index (χ3v) is 3.87. The molecular formula is C20H20O4. The van der Waals surface area contributed by atoms with Gasteiger partial charge < -0.3 is 14.6 Å². The average molecular weight is 324 g/mol. The topological polar surface area (TPSA) is 55.8 Å². The molecule has 2 aromatic rings. The Hall–Kier alpha value is -2.75. The number of rotatable bonds is 3. The Bertz CT molecular complexity index is 777. The van der Waals surface area contributed by atoms with E-state index in [1.54, 1.807) is 18.2 Å². The summed E-state index contributed by atoms with van der Waals surface area (Å²) < 4.78 is 11.4. The lowest BCUT2D eigenvalue weighted by Gasteiger charge is -2.16. The summed E-state index contributed by atoms with van der Waals surface area (Å²) in [5.41, 5.74) is 2.08. The second kappa shape index (κ2) is 7.21. The molecule has 24 heavy (non-hydrogen) atoms. The van der Waals surface area contributed by atoms with E-state index in [9.17, 15) is 9.90 Å². The minimum Gasteiger partial charge on any atom is -0.507 e. The van der Waals surface area contributed by atoms with Crippen LogP contribution in [-0.4, -0.2) is 24.1 Å². The average Bonchev–Trinajstić information content (AvgIpc) is 2.56. The molecule has 0 saturated heterocycles. The van der Waals surface area contributed by atoms with Gasteiger partial charge in [0.2, 0.25) is 0 Å². The standard InChI is InChI=1S/C20H20O4/c1-14-4-7-17(21)16(12-14)18(22)8-5-15-6-9-19-20(13-15)24-11-3-2-10-23-19/h4-9,12-13,21H,2-3,10-11H2,1H3/b8-5+. The first-order valence-electron chi connectivity index (χ1n) is 8.05. The van der Waals surface area contributed by atoms with Gasteiger partial charge in [-0.2, -0.15) is 0 Å². The summed E-state index contributed by atoms with van der Waals surface area (Å²) in [6, 6.07) is 10.6. The van der Waals surface area contributed by atoms with Crippen molar-refractivity contribution in [3.05, 3.63) is 59.2 Å². The molecule has 0 unspecified atom stereocenters. The molecule has 0 bridgehead atoms. The third kappa shape index (κ3) is 3.77. The molecule has 1 aliphatic heterocycles. The molecular weight excluding hydrogens is 304 g/mol. The first-order chi connectivity index (χ1) is 11.6. The van der Waals surface area contributed by atoms with Crippen LogP contribution < -0.4 is 9.47 Å². The monoisotopic (exact) mass is 324 g/mol. The second-order valence-corrected chi connectivity index (χ2v) is 5.83. The number of ether oxygens (including phenoxy) is 2. The van der Waals surface area contributed by atoms with E-state index < -0.39 is 0 Å². The van der Waals surface area contributed by atoms with Gasteiger partial charge >= 0.3 is 0 Å². The van der Waals surface area contributed by atoms with E-state index in [0.717, 1.165) is 29.7 Å². The number of aryl methyl sites for hydroxylation is 1. The molecule has 4 heteroatoms. The number of carbonyl (C=O) groups is 1. The van der Waals surface area contributed by atoms with Gasteiger partial charge in [-0.1, -0.05) is 23.8 Å². The van der Waals surface area contributed by atoms with Crippen molar-refractivity contribution in [1.29, 1.82) is 0 Å². The quantitative estimate of drug-likeness (QED) is 0.681. The van der Waals surface area contributed by atoms with E-state index in [0.29, 0.717) is 24.5 Å². The number of hydrogen-bond acceptors (Lipinski definition) is 4. The molecule has 4 nitrogen and oxygen atoms in total. The fourth-order valence-electron chi connectivity index (χ4n) is 2.54. The van der Waals surface area contributed by atoms with E-state index in [-0.39, 0.29) is 11.5 Å². The predicted octanol–water partition coefficient (Wildman–Crippen LogP) is 4.15. The molecule has 3 rings (SSSR count). The molecule has 0 radical (unpaired) electrons. The van der Waals surface area contributed by atoms with Crippen LogP contribution in [0.2, 0.25) is 0 Å². The molecule has 1 heterocycles. The van der Waals surface area contributed by atoms with E-state index in [2.05, 4.69) is 0 Å². The van der Waals surface area contributed by atoms with Crippen molar-refractivity contribution in [2.24, 2.45) is 0 Å². The first-order valence-corrected chi connectivity index (χ1v) is 8.05. The Morgan fingerprint density at radius 1 is 1.04 bits per heavy atom. The van der Waals surface area contributed by atoms with E-state index in [1.165, 1.54) is 12.1 Å². The molecule has 2 aromatic carbocycles. The lowest BCUT2D eigenvalue weighted by Crippen LogP contribution is -2.08. The smallest absolute Gasteiger partial charge is 0.189 e. The van der Waals surface area contributed by atoms with E-state index in [1.807, 2.05) is 25.1 Å². The van der Waals surface area contributed by atoms with Crippen LogP contribution in [0.3, 0.4) is 0 Å². The van der Waals surface area contributed by atoms with Crippen LogP contribution in [0.1, 0.15) is 34.3 Å². The predicted molar refractivity (Wildman–Crippen MR) is 92.9 cm³/mol. The van der Waals surface area contributed by atoms with E-state index in [4.69, 9.17) is 9.47 Å². The van der Waals surface area contributed by atoms with Crippen molar-refractivity contribution in [2.75, 3.05) is 13.2 Å². The van der Waals surface area contributed by atoms with Gasteiger partial charge in [0, 0.05) is 0 Å². The summed E-state index contributed by atoms with van der Waals surface area (Å²) in [7, 11) is 0. The molecule has 0 spiro atoms. The second-order valence-electron chi connectivity index (χ2n) is 5.83. The number of aromatic hydroxyl groups is 1. The lowest BCUT2D eigenvalue weighted by molar-refractivity contribution is 0.104. The van der Waals surface area contributed by atoms with Crippen molar-refractivity contribution in [2.45, 2.75) is 19.8 Å². The molecule has 0 fully saturated rings. The van der Waals surface area contributed by atoms with Gasteiger partial charge in [0.15, 0.2) is 17.3 Å². The van der Waals surface area contributed by atoms with Crippen LogP contribution in [0.5, 0.6) is 17.2 Å². The first kappa shape index (κ1) is 16.1. The van der Waals surface area contributed by atoms with Crippen molar-refractivity contribution in [3.63, 3.8) is 0 Å².